The largest absolute Gasteiger partial charge is 0.395 e. The van der Waals surface area contributed by atoms with Crippen molar-refractivity contribution in [3.8, 4) is 0 Å². The summed E-state index contributed by atoms with van der Waals surface area (Å²) in [5, 5.41) is 8.79. The molecule has 0 heterocycles. The fraction of sp³-hybridized carbons (Fsp3) is 0.900. The van der Waals surface area contributed by atoms with Crippen LogP contribution in [0, 0.1) is 0 Å². The lowest BCUT2D eigenvalue weighted by Gasteiger charge is -2.25. The lowest BCUT2D eigenvalue weighted by molar-refractivity contribution is -0.132. The number of rotatable bonds is 6. The van der Waals surface area contributed by atoms with Crippen molar-refractivity contribution in [3.05, 3.63) is 0 Å². The molecule has 4 nitrogen and oxygen atoms in total. The molecule has 0 aliphatic carbocycles. The lowest BCUT2D eigenvalue weighted by atomic mass is 10.0. The highest BCUT2D eigenvalue weighted by Crippen LogP contribution is 2.07. The Hall–Kier alpha value is -0.610. The van der Waals surface area contributed by atoms with Crippen LogP contribution in [-0.2, 0) is 4.79 Å². The van der Waals surface area contributed by atoms with Gasteiger partial charge in [0.1, 0.15) is 0 Å². The van der Waals surface area contributed by atoms with Crippen molar-refractivity contribution < 1.29 is 9.90 Å². The third kappa shape index (κ3) is 5.94. The Morgan fingerprint density at radius 3 is 2.36 bits per heavy atom. The highest BCUT2D eigenvalue weighted by Gasteiger charge is 2.20. The van der Waals surface area contributed by atoms with Gasteiger partial charge in [-0.25, -0.2) is 0 Å². The Labute approximate surface area is 86.1 Å². The van der Waals surface area contributed by atoms with Crippen molar-refractivity contribution in [2.75, 3.05) is 19.7 Å². The summed E-state index contributed by atoms with van der Waals surface area (Å²) < 4.78 is 0. The van der Waals surface area contributed by atoms with Gasteiger partial charge < -0.3 is 15.7 Å². The van der Waals surface area contributed by atoms with E-state index in [1.807, 2.05) is 20.8 Å². The summed E-state index contributed by atoms with van der Waals surface area (Å²) in [6.45, 7) is 6.77. The van der Waals surface area contributed by atoms with E-state index in [0.717, 1.165) is 6.42 Å². The Balaban J connectivity index is 4.14. The van der Waals surface area contributed by atoms with E-state index in [2.05, 4.69) is 0 Å². The molecule has 0 radical (unpaired) electrons. The summed E-state index contributed by atoms with van der Waals surface area (Å²) in [5.41, 5.74) is 5.28. The van der Waals surface area contributed by atoms with Crippen LogP contribution in [0.1, 0.15) is 33.6 Å². The second-order valence-corrected chi connectivity index (χ2v) is 4.27. The van der Waals surface area contributed by atoms with Crippen molar-refractivity contribution in [1.82, 2.24) is 4.90 Å². The van der Waals surface area contributed by atoms with E-state index >= 15 is 0 Å². The molecule has 1 amide bonds. The second kappa shape index (κ2) is 5.98. The molecule has 0 fully saturated rings. The van der Waals surface area contributed by atoms with E-state index < -0.39 is 5.54 Å². The summed E-state index contributed by atoms with van der Waals surface area (Å²) in [4.78, 5) is 13.3. The fourth-order valence-corrected chi connectivity index (χ4v) is 1.25. The normalized spacial score (nSPS) is 11.5. The van der Waals surface area contributed by atoms with Gasteiger partial charge in [-0.1, -0.05) is 6.92 Å². The number of carbonyl (C=O) groups excluding carboxylic acids is 1. The maximum Gasteiger partial charge on any atom is 0.224 e. The van der Waals surface area contributed by atoms with Crippen molar-refractivity contribution in [3.63, 3.8) is 0 Å². The number of hydrogen-bond donors (Lipinski definition) is 2. The van der Waals surface area contributed by atoms with Gasteiger partial charge in [-0.2, -0.15) is 0 Å². The fourth-order valence-electron chi connectivity index (χ4n) is 1.25. The zero-order chi connectivity index (χ0) is 11.2. The molecule has 0 spiro atoms. The monoisotopic (exact) mass is 202 g/mol. The van der Waals surface area contributed by atoms with Crippen LogP contribution in [0.25, 0.3) is 0 Å². The van der Waals surface area contributed by atoms with Crippen LogP contribution in [0.15, 0.2) is 0 Å². The highest BCUT2D eigenvalue weighted by molar-refractivity contribution is 5.77. The highest BCUT2D eigenvalue weighted by atomic mass is 16.3. The molecular formula is C10H22N2O2. The quantitative estimate of drug-likeness (QED) is 0.653. The SMILES string of the molecule is CCCN(CCO)C(=O)CC(C)(C)N. The number of aliphatic hydroxyl groups excluding tert-OH is 1. The Kier molecular flexibility index (Phi) is 5.72. The van der Waals surface area contributed by atoms with Gasteiger partial charge in [-0.15, -0.1) is 0 Å². The van der Waals surface area contributed by atoms with Crippen LogP contribution in [0.3, 0.4) is 0 Å². The van der Waals surface area contributed by atoms with E-state index in [9.17, 15) is 4.79 Å². The van der Waals surface area contributed by atoms with E-state index in [1.165, 1.54) is 0 Å². The van der Waals surface area contributed by atoms with Crippen LogP contribution < -0.4 is 5.73 Å². The summed E-state index contributed by atoms with van der Waals surface area (Å²) in [5.74, 6) is 0.0217. The van der Waals surface area contributed by atoms with Gasteiger partial charge in [0.25, 0.3) is 0 Å². The first-order chi connectivity index (χ1) is 6.40. The number of carbonyl (C=O) groups is 1. The minimum Gasteiger partial charge on any atom is -0.395 e. The van der Waals surface area contributed by atoms with Crippen molar-refractivity contribution >= 4 is 5.91 Å². The molecule has 0 aromatic rings. The molecule has 0 rings (SSSR count). The van der Waals surface area contributed by atoms with Crippen molar-refractivity contribution in [1.29, 1.82) is 0 Å². The van der Waals surface area contributed by atoms with Gasteiger partial charge in [0.15, 0.2) is 0 Å². The first kappa shape index (κ1) is 13.4. The topological polar surface area (TPSA) is 66.6 Å². The third-order valence-electron chi connectivity index (χ3n) is 1.82. The molecule has 3 N–H and O–H groups in total. The zero-order valence-corrected chi connectivity index (χ0v) is 9.42. The lowest BCUT2D eigenvalue weighted by Crippen LogP contribution is -2.42. The van der Waals surface area contributed by atoms with E-state index in [0.29, 0.717) is 19.5 Å². The number of amides is 1. The second-order valence-electron chi connectivity index (χ2n) is 4.27. The maximum absolute atomic E-state index is 11.7. The van der Waals surface area contributed by atoms with Crippen LogP contribution in [-0.4, -0.2) is 41.1 Å². The molecule has 0 atom stereocenters. The van der Waals surface area contributed by atoms with Crippen LogP contribution in [0.5, 0.6) is 0 Å². The van der Waals surface area contributed by atoms with Gasteiger partial charge in [0.2, 0.25) is 5.91 Å². The number of nitrogens with two attached hydrogens (primary N) is 1. The van der Waals surface area contributed by atoms with Crippen LogP contribution in [0.4, 0.5) is 0 Å². The molecule has 0 aromatic carbocycles. The Bertz CT molecular complexity index is 169. The summed E-state index contributed by atoms with van der Waals surface area (Å²) in [6.07, 6.45) is 1.23. The minimum absolute atomic E-state index is 0.0107. The summed E-state index contributed by atoms with van der Waals surface area (Å²) in [6, 6.07) is 0. The predicted molar refractivity (Wildman–Crippen MR) is 56.8 cm³/mol. The molecule has 0 saturated carbocycles. The van der Waals surface area contributed by atoms with Gasteiger partial charge in [0.05, 0.1) is 6.61 Å². The molecule has 0 aromatic heterocycles. The number of hydrogen-bond acceptors (Lipinski definition) is 3. The Morgan fingerprint density at radius 2 is 2.00 bits per heavy atom. The first-order valence-electron chi connectivity index (χ1n) is 5.08. The maximum atomic E-state index is 11.7. The molecule has 4 heteroatoms. The van der Waals surface area contributed by atoms with Crippen molar-refractivity contribution in [2.24, 2.45) is 5.73 Å². The third-order valence-corrected chi connectivity index (χ3v) is 1.82. The smallest absolute Gasteiger partial charge is 0.224 e. The molecule has 0 bridgehead atoms. The van der Waals surface area contributed by atoms with Crippen LogP contribution >= 0.6 is 0 Å². The zero-order valence-electron chi connectivity index (χ0n) is 9.42. The van der Waals surface area contributed by atoms with Crippen LogP contribution in [0.2, 0.25) is 0 Å². The summed E-state index contributed by atoms with van der Waals surface area (Å²) >= 11 is 0. The van der Waals surface area contributed by atoms with Gasteiger partial charge in [0, 0.05) is 25.0 Å². The van der Waals surface area contributed by atoms with Crippen molar-refractivity contribution in [2.45, 2.75) is 39.2 Å². The number of nitrogens with zero attached hydrogens (tertiary/aromatic N) is 1. The average Bonchev–Trinajstić information content (AvgIpc) is 2.01. The minimum atomic E-state index is -0.474. The predicted octanol–water partition coefficient (Wildman–Crippen LogP) is 0.345. The standard InChI is InChI=1S/C10H22N2O2/c1-4-5-12(6-7-13)9(14)8-10(2,3)11/h13H,4-8,11H2,1-3H3. The van der Waals surface area contributed by atoms with E-state index in [-0.39, 0.29) is 12.5 Å². The molecule has 14 heavy (non-hydrogen) atoms. The molecule has 84 valence electrons. The van der Waals surface area contributed by atoms with Gasteiger partial charge >= 0.3 is 0 Å². The molecule has 0 unspecified atom stereocenters. The first-order valence-corrected chi connectivity index (χ1v) is 5.08. The molecule has 0 aliphatic rings. The van der Waals surface area contributed by atoms with E-state index in [1.54, 1.807) is 4.90 Å². The van der Waals surface area contributed by atoms with Gasteiger partial charge in [-0.05, 0) is 20.3 Å². The summed E-state index contributed by atoms with van der Waals surface area (Å²) in [7, 11) is 0. The average molecular weight is 202 g/mol. The molecule has 0 saturated heterocycles. The number of aliphatic hydroxyl groups is 1. The molecule has 0 aliphatic heterocycles. The van der Waals surface area contributed by atoms with E-state index in [4.69, 9.17) is 10.8 Å². The van der Waals surface area contributed by atoms with Gasteiger partial charge in [-0.3, -0.25) is 4.79 Å². The molecular weight excluding hydrogens is 180 g/mol. The Morgan fingerprint density at radius 1 is 1.43 bits per heavy atom.